The van der Waals surface area contributed by atoms with Gasteiger partial charge in [-0.2, -0.15) is 0 Å². The van der Waals surface area contributed by atoms with Crippen LogP contribution in [0.25, 0.3) is 111 Å². The Morgan fingerprint density at radius 2 is 0.873 bits per heavy atom. The van der Waals surface area contributed by atoms with E-state index in [2.05, 4.69) is 176 Å². The fourth-order valence-electron chi connectivity index (χ4n) is 7.92. The molecule has 0 N–H and O–H groups in total. The summed E-state index contributed by atoms with van der Waals surface area (Å²) in [5, 5.41) is 9.12. The lowest BCUT2D eigenvalue weighted by Gasteiger charge is -2.12. The Labute approximate surface area is 317 Å². The van der Waals surface area contributed by atoms with Crippen LogP contribution in [-0.4, -0.2) is 15.0 Å². The molecule has 0 atom stereocenters. The van der Waals surface area contributed by atoms with Gasteiger partial charge in [0.25, 0.3) is 0 Å². The van der Waals surface area contributed by atoms with Crippen molar-refractivity contribution in [3.05, 3.63) is 188 Å². The normalized spacial score (nSPS) is 11.6. The Morgan fingerprint density at radius 1 is 0.291 bits per heavy atom. The van der Waals surface area contributed by atoms with Crippen LogP contribution in [0.4, 0.5) is 0 Å². The number of benzene rings is 9. The van der Waals surface area contributed by atoms with Crippen molar-refractivity contribution in [2.24, 2.45) is 0 Å². The minimum atomic E-state index is 0.621. The van der Waals surface area contributed by atoms with Crippen LogP contribution in [0.5, 0.6) is 0 Å². The van der Waals surface area contributed by atoms with E-state index in [0.717, 1.165) is 65.9 Å². The highest BCUT2D eigenvalue weighted by Gasteiger charge is 2.17. The minimum absolute atomic E-state index is 0.621. The van der Waals surface area contributed by atoms with Crippen LogP contribution in [0.3, 0.4) is 0 Å². The number of rotatable bonds is 5. The number of aromatic nitrogens is 3. The summed E-state index contributed by atoms with van der Waals surface area (Å²) < 4.78 is 6.39. The van der Waals surface area contributed by atoms with E-state index in [0.29, 0.717) is 17.5 Å². The molecular weight excluding hydrogens is 671 g/mol. The lowest BCUT2D eigenvalue weighted by molar-refractivity contribution is 0.669. The summed E-state index contributed by atoms with van der Waals surface area (Å²) in [4.78, 5) is 15.4. The maximum Gasteiger partial charge on any atom is 0.164 e. The predicted octanol–water partition coefficient (Wildman–Crippen LogP) is 13.6. The van der Waals surface area contributed by atoms with Crippen molar-refractivity contribution < 1.29 is 4.42 Å². The molecule has 4 nitrogen and oxygen atoms in total. The molecule has 9 aromatic carbocycles. The highest BCUT2D eigenvalue weighted by molar-refractivity contribution is 6.15. The van der Waals surface area contributed by atoms with Crippen molar-refractivity contribution in [1.82, 2.24) is 15.0 Å². The highest BCUT2D eigenvalue weighted by Crippen LogP contribution is 2.39. The maximum atomic E-state index is 6.39. The fraction of sp³-hybridized carbons (Fsp3) is 0. The molecule has 0 saturated heterocycles. The molecule has 256 valence electrons. The molecule has 2 aromatic heterocycles. The molecule has 0 radical (unpaired) electrons. The third-order valence-electron chi connectivity index (χ3n) is 10.7. The third kappa shape index (κ3) is 5.43. The molecule has 0 aliphatic heterocycles. The molecule has 55 heavy (non-hydrogen) atoms. The Kier molecular flexibility index (Phi) is 7.14. The zero-order chi connectivity index (χ0) is 36.3. The molecule has 0 fully saturated rings. The van der Waals surface area contributed by atoms with Gasteiger partial charge in [0.2, 0.25) is 0 Å². The lowest BCUT2D eigenvalue weighted by Crippen LogP contribution is -2.00. The van der Waals surface area contributed by atoms with Crippen molar-refractivity contribution in [2.45, 2.75) is 0 Å². The Balaban J connectivity index is 1.05. The van der Waals surface area contributed by atoms with Crippen molar-refractivity contribution >= 4 is 54.3 Å². The molecule has 2 heterocycles. The smallest absolute Gasteiger partial charge is 0.164 e. The summed E-state index contributed by atoms with van der Waals surface area (Å²) in [7, 11) is 0. The first kappa shape index (κ1) is 31.1. The SMILES string of the molecule is c1ccc(-c2ccc3c(-c4nc(-c5ccc(-c6cccc7oc8cc9ccccc9cc8c67)cc5)nc(-c5ccc6ccccc6c5)n4)cccc3c2)cc1. The van der Waals surface area contributed by atoms with E-state index in [1.165, 1.54) is 27.3 Å². The van der Waals surface area contributed by atoms with Crippen LogP contribution < -0.4 is 0 Å². The first-order chi connectivity index (χ1) is 27.2. The van der Waals surface area contributed by atoms with Gasteiger partial charge < -0.3 is 4.42 Å². The zero-order valence-electron chi connectivity index (χ0n) is 29.6. The maximum absolute atomic E-state index is 6.39. The van der Waals surface area contributed by atoms with Crippen LogP contribution in [0, 0.1) is 0 Å². The van der Waals surface area contributed by atoms with Crippen molar-refractivity contribution in [2.75, 3.05) is 0 Å². The quantitative estimate of drug-likeness (QED) is 0.179. The van der Waals surface area contributed by atoms with E-state index >= 15 is 0 Å². The molecule has 0 bridgehead atoms. The average molecular weight is 702 g/mol. The van der Waals surface area contributed by atoms with E-state index in [9.17, 15) is 0 Å². The molecular formula is C51H31N3O. The number of furan rings is 1. The molecule has 0 saturated carbocycles. The van der Waals surface area contributed by atoms with Gasteiger partial charge in [-0.25, -0.2) is 15.0 Å². The lowest BCUT2D eigenvalue weighted by atomic mass is 9.97. The summed E-state index contributed by atoms with van der Waals surface area (Å²) in [6, 6.07) is 65.8. The van der Waals surface area contributed by atoms with Gasteiger partial charge in [0.15, 0.2) is 17.5 Å². The average Bonchev–Trinajstić information content (AvgIpc) is 3.62. The summed E-state index contributed by atoms with van der Waals surface area (Å²) in [6.07, 6.45) is 0. The van der Waals surface area contributed by atoms with Gasteiger partial charge in [-0.05, 0) is 84.9 Å². The largest absolute Gasteiger partial charge is 0.456 e. The van der Waals surface area contributed by atoms with Gasteiger partial charge in [0, 0.05) is 27.5 Å². The second-order valence-corrected chi connectivity index (χ2v) is 14.0. The summed E-state index contributed by atoms with van der Waals surface area (Å²) in [5.41, 5.74) is 9.16. The Morgan fingerprint density at radius 3 is 1.69 bits per heavy atom. The van der Waals surface area contributed by atoms with Crippen LogP contribution in [0.1, 0.15) is 0 Å². The van der Waals surface area contributed by atoms with E-state index < -0.39 is 0 Å². The summed E-state index contributed by atoms with van der Waals surface area (Å²) in [5.74, 6) is 1.89. The second-order valence-electron chi connectivity index (χ2n) is 14.0. The second kappa shape index (κ2) is 12.6. The molecule has 0 unspecified atom stereocenters. The third-order valence-corrected chi connectivity index (χ3v) is 10.7. The van der Waals surface area contributed by atoms with E-state index in [1.807, 2.05) is 12.1 Å². The van der Waals surface area contributed by atoms with Crippen LogP contribution >= 0.6 is 0 Å². The van der Waals surface area contributed by atoms with E-state index in [4.69, 9.17) is 19.4 Å². The number of fused-ring (bicyclic) bond motifs is 6. The van der Waals surface area contributed by atoms with E-state index in [-0.39, 0.29) is 0 Å². The monoisotopic (exact) mass is 701 g/mol. The van der Waals surface area contributed by atoms with Crippen molar-refractivity contribution in [3.63, 3.8) is 0 Å². The van der Waals surface area contributed by atoms with Crippen LogP contribution in [0.15, 0.2) is 192 Å². The Bertz CT molecular complexity index is 3260. The van der Waals surface area contributed by atoms with Crippen molar-refractivity contribution in [1.29, 1.82) is 0 Å². The van der Waals surface area contributed by atoms with E-state index in [1.54, 1.807) is 0 Å². The highest BCUT2D eigenvalue weighted by atomic mass is 16.3. The van der Waals surface area contributed by atoms with Gasteiger partial charge >= 0.3 is 0 Å². The van der Waals surface area contributed by atoms with Gasteiger partial charge in [-0.1, -0.05) is 158 Å². The number of hydrogen-bond acceptors (Lipinski definition) is 4. The van der Waals surface area contributed by atoms with Crippen molar-refractivity contribution in [3.8, 4) is 56.4 Å². The molecule has 11 aromatic rings. The molecule has 0 aliphatic carbocycles. The first-order valence-corrected chi connectivity index (χ1v) is 18.5. The van der Waals surface area contributed by atoms with Gasteiger partial charge in [0.05, 0.1) is 0 Å². The molecule has 11 rings (SSSR count). The van der Waals surface area contributed by atoms with Gasteiger partial charge in [-0.3, -0.25) is 0 Å². The topological polar surface area (TPSA) is 51.8 Å². The summed E-state index contributed by atoms with van der Waals surface area (Å²) in [6.45, 7) is 0. The molecule has 0 amide bonds. The number of hydrogen-bond donors (Lipinski definition) is 0. The minimum Gasteiger partial charge on any atom is -0.456 e. The molecule has 0 aliphatic rings. The fourth-order valence-corrected chi connectivity index (χ4v) is 7.92. The first-order valence-electron chi connectivity index (χ1n) is 18.5. The standard InChI is InChI=1S/C51H31N3O/c1-2-10-32(11-3-1)39-26-27-42-40(28-39)16-8-18-44(42)51-53-49(52-50(54-51)41-25-20-33-12-4-5-13-36(33)29-41)35-23-21-34(22-24-35)43-17-9-19-46-48(43)45-30-37-14-6-7-15-38(37)31-47(45)55-46/h1-31H. The number of nitrogens with zero attached hydrogens (tertiary/aromatic N) is 3. The summed E-state index contributed by atoms with van der Waals surface area (Å²) >= 11 is 0. The predicted molar refractivity (Wildman–Crippen MR) is 227 cm³/mol. The molecule has 4 heteroatoms. The molecule has 0 spiro atoms. The zero-order valence-corrected chi connectivity index (χ0v) is 29.6. The van der Waals surface area contributed by atoms with Gasteiger partial charge in [-0.15, -0.1) is 0 Å². The Hall–Kier alpha value is -7.43. The van der Waals surface area contributed by atoms with Crippen LogP contribution in [-0.2, 0) is 0 Å². The van der Waals surface area contributed by atoms with Crippen LogP contribution in [0.2, 0.25) is 0 Å². The van der Waals surface area contributed by atoms with Gasteiger partial charge in [0.1, 0.15) is 11.2 Å².